The lowest BCUT2D eigenvalue weighted by atomic mass is 9.77. The quantitative estimate of drug-likeness (QED) is 0.417. The molecule has 0 aromatic heterocycles. The van der Waals surface area contributed by atoms with Crippen LogP contribution in [0.5, 0.6) is 0 Å². The molecule has 1 aliphatic rings. The van der Waals surface area contributed by atoms with Gasteiger partial charge in [-0.3, -0.25) is 0 Å². The van der Waals surface area contributed by atoms with E-state index in [0.717, 1.165) is 49.7 Å². The second-order valence-corrected chi connectivity index (χ2v) is 7.04. The van der Waals surface area contributed by atoms with Gasteiger partial charge in [-0.1, -0.05) is 25.5 Å². The van der Waals surface area contributed by atoms with Crippen LogP contribution in [-0.4, -0.2) is 0 Å². The maximum Gasteiger partial charge on any atom is 0.169 e. The maximum absolute atomic E-state index is 14.6. The van der Waals surface area contributed by atoms with E-state index in [9.17, 15) is 17.6 Å². The molecule has 0 amide bonds. The Morgan fingerprint density at radius 3 is 2.16 bits per heavy atom. The smallest absolute Gasteiger partial charge is 0.169 e. The van der Waals surface area contributed by atoms with Crippen LogP contribution in [-0.2, 0) is 0 Å². The van der Waals surface area contributed by atoms with Crippen LogP contribution in [0.4, 0.5) is 17.6 Å². The van der Waals surface area contributed by atoms with Crippen molar-refractivity contribution >= 4 is 0 Å². The Labute approximate surface area is 145 Å². The van der Waals surface area contributed by atoms with Crippen LogP contribution in [0.25, 0.3) is 11.1 Å². The van der Waals surface area contributed by atoms with E-state index in [1.54, 1.807) is 6.07 Å². The van der Waals surface area contributed by atoms with Crippen molar-refractivity contribution in [3.8, 4) is 11.1 Å². The third kappa shape index (κ3) is 3.44. The van der Waals surface area contributed by atoms with Crippen molar-refractivity contribution in [2.24, 2.45) is 5.92 Å². The number of hydrogen-bond acceptors (Lipinski definition) is 0. The number of benzene rings is 2. The fourth-order valence-electron chi connectivity index (χ4n) is 3.85. The SMILES string of the molecule is CCC1CCC(c2ccc(-c3c(F)cc(C)c(F)c3F)c(F)c2)CC1. The molecule has 0 N–H and O–H groups in total. The molecule has 0 atom stereocenters. The second kappa shape index (κ2) is 7.19. The minimum Gasteiger partial charge on any atom is -0.206 e. The van der Waals surface area contributed by atoms with Crippen LogP contribution in [0.2, 0.25) is 0 Å². The van der Waals surface area contributed by atoms with Crippen molar-refractivity contribution in [1.82, 2.24) is 0 Å². The van der Waals surface area contributed by atoms with Gasteiger partial charge in [-0.05, 0) is 67.7 Å². The number of aryl methyl sites for hydroxylation is 1. The molecule has 2 aromatic carbocycles. The highest BCUT2D eigenvalue weighted by molar-refractivity contribution is 5.66. The van der Waals surface area contributed by atoms with Gasteiger partial charge >= 0.3 is 0 Å². The van der Waals surface area contributed by atoms with Crippen molar-refractivity contribution in [2.45, 2.75) is 51.9 Å². The van der Waals surface area contributed by atoms with Gasteiger partial charge in [0.2, 0.25) is 0 Å². The van der Waals surface area contributed by atoms with Gasteiger partial charge in [0.15, 0.2) is 11.6 Å². The Hall–Kier alpha value is -1.84. The highest BCUT2D eigenvalue weighted by atomic mass is 19.2. The van der Waals surface area contributed by atoms with E-state index in [1.807, 2.05) is 0 Å². The lowest BCUT2D eigenvalue weighted by Gasteiger charge is -2.28. The number of halogens is 4. The van der Waals surface area contributed by atoms with Crippen molar-refractivity contribution in [2.75, 3.05) is 0 Å². The summed E-state index contributed by atoms with van der Waals surface area (Å²) in [5.74, 6) is -3.14. The van der Waals surface area contributed by atoms with Crippen LogP contribution >= 0.6 is 0 Å². The molecule has 0 heterocycles. The molecule has 2 aromatic rings. The third-order valence-electron chi connectivity index (χ3n) is 5.50. The summed E-state index contributed by atoms with van der Waals surface area (Å²) in [6.07, 6.45) is 5.41. The van der Waals surface area contributed by atoms with Crippen molar-refractivity contribution in [3.05, 3.63) is 58.7 Å². The van der Waals surface area contributed by atoms with Crippen LogP contribution in [0.3, 0.4) is 0 Å². The molecule has 1 aliphatic carbocycles. The van der Waals surface area contributed by atoms with Crippen LogP contribution in [0.15, 0.2) is 24.3 Å². The lowest BCUT2D eigenvalue weighted by Crippen LogP contribution is -2.13. The molecule has 4 heteroatoms. The Morgan fingerprint density at radius 2 is 1.56 bits per heavy atom. The highest BCUT2D eigenvalue weighted by Gasteiger charge is 2.24. The molecule has 25 heavy (non-hydrogen) atoms. The average Bonchev–Trinajstić information content (AvgIpc) is 2.61. The molecule has 0 saturated heterocycles. The van der Waals surface area contributed by atoms with E-state index in [-0.39, 0.29) is 17.0 Å². The van der Waals surface area contributed by atoms with E-state index >= 15 is 0 Å². The minimum absolute atomic E-state index is 0.136. The largest absolute Gasteiger partial charge is 0.206 e. The molecular weight excluding hydrogens is 328 g/mol. The van der Waals surface area contributed by atoms with Gasteiger partial charge in [-0.2, -0.15) is 0 Å². The zero-order valence-electron chi connectivity index (χ0n) is 14.5. The Balaban J connectivity index is 1.93. The van der Waals surface area contributed by atoms with Crippen LogP contribution in [0, 0.1) is 36.1 Å². The van der Waals surface area contributed by atoms with E-state index in [1.165, 1.54) is 19.1 Å². The van der Waals surface area contributed by atoms with Gasteiger partial charge in [0, 0.05) is 5.56 Å². The predicted octanol–water partition coefficient (Wildman–Crippen LogP) is 6.90. The molecule has 1 saturated carbocycles. The molecular formula is C21H22F4. The Kier molecular flexibility index (Phi) is 5.16. The monoisotopic (exact) mass is 350 g/mol. The number of hydrogen-bond donors (Lipinski definition) is 0. The lowest BCUT2D eigenvalue weighted by molar-refractivity contribution is 0.318. The first-order valence-corrected chi connectivity index (χ1v) is 8.86. The Bertz CT molecular complexity index is 774. The predicted molar refractivity (Wildman–Crippen MR) is 91.4 cm³/mol. The fourth-order valence-corrected chi connectivity index (χ4v) is 3.85. The van der Waals surface area contributed by atoms with Crippen molar-refractivity contribution < 1.29 is 17.6 Å². The molecule has 0 radical (unpaired) electrons. The normalized spacial score (nSPS) is 20.7. The van der Waals surface area contributed by atoms with Crippen molar-refractivity contribution in [3.63, 3.8) is 0 Å². The molecule has 1 fully saturated rings. The summed E-state index contributed by atoms with van der Waals surface area (Å²) in [5.41, 5.74) is -0.158. The summed E-state index contributed by atoms with van der Waals surface area (Å²) < 4.78 is 56.6. The molecule has 3 rings (SSSR count). The average molecular weight is 350 g/mol. The first-order valence-electron chi connectivity index (χ1n) is 8.86. The molecule has 0 spiro atoms. The first kappa shape index (κ1) is 18.0. The summed E-state index contributed by atoms with van der Waals surface area (Å²) in [6.45, 7) is 3.46. The van der Waals surface area contributed by atoms with Gasteiger partial charge in [0.1, 0.15) is 11.6 Å². The van der Waals surface area contributed by atoms with E-state index in [0.29, 0.717) is 0 Å². The first-order chi connectivity index (χ1) is 11.9. The van der Waals surface area contributed by atoms with Crippen LogP contribution < -0.4 is 0 Å². The summed E-state index contributed by atoms with van der Waals surface area (Å²) in [4.78, 5) is 0. The zero-order valence-corrected chi connectivity index (χ0v) is 14.5. The summed E-state index contributed by atoms with van der Waals surface area (Å²) in [6, 6.07) is 5.33. The highest BCUT2D eigenvalue weighted by Crippen LogP contribution is 2.39. The third-order valence-corrected chi connectivity index (χ3v) is 5.50. The van der Waals surface area contributed by atoms with Gasteiger partial charge in [0.05, 0.1) is 5.56 Å². The summed E-state index contributed by atoms with van der Waals surface area (Å²) >= 11 is 0. The molecule has 0 unspecified atom stereocenters. The fraction of sp³-hybridized carbons (Fsp3) is 0.429. The van der Waals surface area contributed by atoms with Gasteiger partial charge in [0.25, 0.3) is 0 Å². The van der Waals surface area contributed by atoms with Crippen LogP contribution in [0.1, 0.15) is 56.1 Å². The van der Waals surface area contributed by atoms with E-state index in [2.05, 4.69) is 6.92 Å². The number of rotatable bonds is 3. The molecule has 0 bridgehead atoms. The zero-order chi connectivity index (χ0) is 18.1. The minimum atomic E-state index is -1.34. The molecule has 134 valence electrons. The second-order valence-electron chi connectivity index (χ2n) is 7.04. The van der Waals surface area contributed by atoms with Gasteiger partial charge < -0.3 is 0 Å². The van der Waals surface area contributed by atoms with E-state index < -0.39 is 28.8 Å². The molecule has 0 aliphatic heterocycles. The summed E-state index contributed by atoms with van der Waals surface area (Å²) in [5, 5.41) is 0. The topological polar surface area (TPSA) is 0 Å². The van der Waals surface area contributed by atoms with Crippen molar-refractivity contribution in [1.29, 1.82) is 0 Å². The van der Waals surface area contributed by atoms with Gasteiger partial charge in [-0.25, -0.2) is 17.6 Å². The Morgan fingerprint density at radius 1 is 0.880 bits per heavy atom. The maximum atomic E-state index is 14.6. The van der Waals surface area contributed by atoms with Gasteiger partial charge in [-0.15, -0.1) is 0 Å². The summed E-state index contributed by atoms with van der Waals surface area (Å²) in [7, 11) is 0. The standard InChI is InChI=1S/C21H22F4/c1-3-13-4-6-14(7-5-13)15-8-9-16(17(22)11-15)19-18(23)10-12(2)20(24)21(19)25/h8-11,13-14H,3-7H2,1-2H3. The molecule has 0 nitrogen and oxygen atoms in total. The van der Waals surface area contributed by atoms with E-state index in [4.69, 9.17) is 0 Å².